The Kier molecular flexibility index (Phi) is 3.15. The van der Waals surface area contributed by atoms with Gasteiger partial charge < -0.3 is 4.90 Å². The predicted octanol–water partition coefficient (Wildman–Crippen LogP) is 3.22. The van der Waals surface area contributed by atoms with E-state index in [0.29, 0.717) is 5.15 Å². The fourth-order valence-corrected chi connectivity index (χ4v) is 2.32. The van der Waals surface area contributed by atoms with Gasteiger partial charge in [-0.15, -0.1) is 0 Å². The van der Waals surface area contributed by atoms with Crippen LogP contribution in [0, 0.1) is 11.8 Å². The Balaban J connectivity index is 2.08. The van der Waals surface area contributed by atoms with Gasteiger partial charge >= 0.3 is 0 Å². The van der Waals surface area contributed by atoms with Crippen molar-refractivity contribution >= 4 is 17.3 Å². The van der Waals surface area contributed by atoms with E-state index in [1.54, 1.807) is 6.20 Å². The predicted molar refractivity (Wildman–Crippen MR) is 64.4 cm³/mol. The molecule has 3 heteroatoms. The van der Waals surface area contributed by atoms with Crippen LogP contribution in [0.4, 0.5) is 5.69 Å². The Morgan fingerprint density at radius 1 is 1.53 bits per heavy atom. The van der Waals surface area contributed by atoms with Gasteiger partial charge in [-0.1, -0.05) is 25.4 Å². The van der Waals surface area contributed by atoms with Gasteiger partial charge in [0.05, 0.1) is 0 Å². The number of hydrogen-bond donors (Lipinski definition) is 0. The van der Waals surface area contributed by atoms with Crippen LogP contribution in [0.1, 0.15) is 20.3 Å². The van der Waals surface area contributed by atoms with E-state index in [9.17, 15) is 0 Å². The highest BCUT2D eigenvalue weighted by molar-refractivity contribution is 6.29. The van der Waals surface area contributed by atoms with Gasteiger partial charge in [0.25, 0.3) is 0 Å². The molecule has 0 aromatic carbocycles. The molecule has 2 nitrogen and oxygen atoms in total. The van der Waals surface area contributed by atoms with Crippen LogP contribution >= 0.6 is 11.6 Å². The third-order valence-electron chi connectivity index (χ3n) is 3.24. The van der Waals surface area contributed by atoms with E-state index in [2.05, 4.69) is 23.7 Å². The Labute approximate surface area is 96.3 Å². The molecule has 0 spiro atoms. The Morgan fingerprint density at radius 3 is 2.93 bits per heavy atom. The van der Waals surface area contributed by atoms with Crippen LogP contribution in [0.2, 0.25) is 5.15 Å². The van der Waals surface area contributed by atoms with Crippen LogP contribution < -0.4 is 4.90 Å². The molecule has 0 N–H and O–H groups in total. The summed E-state index contributed by atoms with van der Waals surface area (Å²) in [4.78, 5) is 6.41. The number of rotatable bonds is 2. The van der Waals surface area contributed by atoms with Crippen LogP contribution in [-0.4, -0.2) is 18.1 Å². The van der Waals surface area contributed by atoms with Gasteiger partial charge in [0.2, 0.25) is 0 Å². The zero-order valence-electron chi connectivity index (χ0n) is 9.28. The van der Waals surface area contributed by atoms with E-state index in [1.165, 1.54) is 12.1 Å². The minimum Gasteiger partial charge on any atom is -0.371 e. The van der Waals surface area contributed by atoms with E-state index >= 15 is 0 Å². The highest BCUT2D eigenvalue weighted by Crippen LogP contribution is 2.28. The van der Waals surface area contributed by atoms with Crippen LogP contribution in [-0.2, 0) is 0 Å². The minimum atomic E-state index is 0.584. The normalized spacial score (nSPS) is 21.3. The smallest absolute Gasteiger partial charge is 0.131 e. The second-order valence-electron chi connectivity index (χ2n) is 4.58. The first-order valence-electron chi connectivity index (χ1n) is 5.53. The highest BCUT2D eigenvalue weighted by atomic mass is 35.5. The monoisotopic (exact) mass is 224 g/mol. The molecule has 15 heavy (non-hydrogen) atoms. The lowest BCUT2D eigenvalue weighted by Crippen LogP contribution is -2.21. The molecular formula is C12H17ClN2. The molecule has 82 valence electrons. The first kappa shape index (κ1) is 10.7. The van der Waals surface area contributed by atoms with Crippen molar-refractivity contribution in [1.29, 1.82) is 0 Å². The molecule has 2 rings (SSSR count). The van der Waals surface area contributed by atoms with E-state index in [1.807, 2.05) is 12.1 Å². The average molecular weight is 225 g/mol. The number of halogens is 1. The van der Waals surface area contributed by atoms with Gasteiger partial charge in [-0.2, -0.15) is 0 Å². The molecule has 0 radical (unpaired) electrons. The van der Waals surface area contributed by atoms with Crippen molar-refractivity contribution in [1.82, 2.24) is 4.98 Å². The van der Waals surface area contributed by atoms with E-state index < -0.39 is 0 Å². The maximum absolute atomic E-state index is 5.88. The van der Waals surface area contributed by atoms with E-state index in [0.717, 1.165) is 24.9 Å². The molecule has 1 aliphatic heterocycles. The molecule has 1 aromatic heterocycles. The standard InChI is InChI=1S/C12H17ClN2/c1-9(2)10-4-6-15(8-10)11-3-5-14-12(13)7-11/h3,5,7,9-10H,4,6,8H2,1-2H3/t10-/m0/s1. The van der Waals surface area contributed by atoms with Gasteiger partial charge in [-0.25, -0.2) is 4.98 Å². The molecule has 0 amide bonds. The number of pyridine rings is 1. The lowest BCUT2D eigenvalue weighted by atomic mass is 9.95. The first-order chi connectivity index (χ1) is 7.16. The maximum Gasteiger partial charge on any atom is 0.131 e. The molecular weight excluding hydrogens is 208 g/mol. The summed E-state index contributed by atoms with van der Waals surface area (Å²) in [7, 11) is 0. The summed E-state index contributed by atoms with van der Waals surface area (Å²) in [6.07, 6.45) is 3.07. The fraction of sp³-hybridized carbons (Fsp3) is 0.583. The second-order valence-corrected chi connectivity index (χ2v) is 4.96. The molecule has 1 saturated heterocycles. The lowest BCUT2D eigenvalue weighted by Gasteiger charge is -2.19. The Bertz CT molecular complexity index is 338. The Hall–Kier alpha value is -0.760. The van der Waals surface area contributed by atoms with Gasteiger partial charge in [-0.3, -0.25) is 0 Å². The molecule has 1 fully saturated rings. The van der Waals surface area contributed by atoms with Crippen molar-refractivity contribution in [2.75, 3.05) is 18.0 Å². The molecule has 0 unspecified atom stereocenters. The summed E-state index contributed by atoms with van der Waals surface area (Å²) in [5.41, 5.74) is 1.21. The molecule has 1 aromatic rings. The van der Waals surface area contributed by atoms with Crippen molar-refractivity contribution in [2.24, 2.45) is 11.8 Å². The van der Waals surface area contributed by atoms with Crippen LogP contribution in [0.25, 0.3) is 0 Å². The van der Waals surface area contributed by atoms with Crippen LogP contribution in [0.3, 0.4) is 0 Å². The summed E-state index contributed by atoms with van der Waals surface area (Å²) in [6.45, 7) is 6.89. The molecule has 1 aliphatic rings. The van der Waals surface area contributed by atoms with E-state index in [4.69, 9.17) is 11.6 Å². The Morgan fingerprint density at radius 2 is 2.33 bits per heavy atom. The number of nitrogens with zero attached hydrogens (tertiary/aromatic N) is 2. The van der Waals surface area contributed by atoms with Crippen LogP contribution in [0.15, 0.2) is 18.3 Å². The minimum absolute atomic E-state index is 0.584. The molecule has 1 atom stereocenters. The number of aromatic nitrogens is 1. The quantitative estimate of drug-likeness (QED) is 0.718. The summed E-state index contributed by atoms with van der Waals surface area (Å²) >= 11 is 5.88. The largest absolute Gasteiger partial charge is 0.371 e. The van der Waals surface area contributed by atoms with Crippen molar-refractivity contribution in [3.8, 4) is 0 Å². The van der Waals surface area contributed by atoms with Crippen molar-refractivity contribution < 1.29 is 0 Å². The summed E-state index contributed by atoms with van der Waals surface area (Å²) < 4.78 is 0. The van der Waals surface area contributed by atoms with Crippen molar-refractivity contribution in [2.45, 2.75) is 20.3 Å². The fourth-order valence-electron chi connectivity index (χ4n) is 2.15. The average Bonchev–Trinajstić information content (AvgIpc) is 2.66. The van der Waals surface area contributed by atoms with Gasteiger partial charge in [-0.05, 0) is 30.4 Å². The molecule has 0 aliphatic carbocycles. The van der Waals surface area contributed by atoms with Gasteiger partial charge in [0, 0.05) is 25.0 Å². The molecule has 2 heterocycles. The summed E-state index contributed by atoms with van der Waals surface area (Å²) in [5, 5.41) is 0.584. The highest BCUT2D eigenvalue weighted by Gasteiger charge is 2.24. The van der Waals surface area contributed by atoms with Crippen LogP contribution in [0.5, 0.6) is 0 Å². The maximum atomic E-state index is 5.88. The zero-order valence-corrected chi connectivity index (χ0v) is 10.0. The number of hydrogen-bond acceptors (Lipinski definition) is 2. The van der Waals surface area contributed by atoms with Gasteiger partial charge in [0.15, 0.2) is 0 Å². The zero-order chi connectivity index (χ0) is 10.8. The summed E-state index contributed by atoms with van der Waals surface area (Å²) in [5.74, 6) is 1.59. The molecule has 0 bridgehead atoms. The van der Waals surface area contributed by atoms with Gasteiger partial charge in [0.1, 0.15) is 5.15 Å². The third kappa shape index (κ3) is 2.43. The third-order valence-corrected chi connectivity index (χ3v) is 3.45. The lowest BCUT2D eigenvalue weighted by molar-refractivity contribution is 0.423. The van der Waals surface area contributed by atoms with E-state index in [-0.39, 0.29) is 0 Å². The first-order valence-corrected chi connectivity index (χ1v) is 5.91. The van der Waals surface area contributed by atoms with Crippen molar-refractivity contribution in [3.63, 3.8) is 0 Å². The SMILES string of the molecule is CC(C)[C@H]1CCN(c2ccnc(Cl)c2)C1. The summed E-state index contributed by atoms with van der Waals surface area (Å²) in [6, 6.07) is 3.98. The number of anilines is 1. The van der Waals surface area contributed by atoms with Crippen molar-refractivity contribution in [3.05, 3.63) is 23.5 Å². The molecule has 0 saturated carbocycles. The topological polar surface area (TPSA) is 16.1 Å². The second kappa shape index (κ2) is 4.40.